The molecular formula is C83H117NOS. The molecule has 13 aromatic rings. The van der Waals surface area contributed by atoms with Crippen molar-refractivity contribution in [2.75, 3.05) is 0 Å². The van der Waals surface area contributed by atoms with Crippen molar-refractivity contribution < 1.29 is 4.42 Å². The smallest absolute Gasteiger partial charge is 0.135 e. The third kappa shape index (κ3) is 25.6. The van der Waals surface area contributed by atoms with Crippen molar-refractivity contribution in [3.05, 3.63) is 241 Å². The van der Waals surface area contributed by atoms with Crippen molar-refractivity contribution in [2.24, 2.45) is 7.05 Å². The Bertz CT molecular complexity index is 3210. The summed E-state index contributed by atoms with van der Waals surface area (Å²) in [6, 6.07) is 76.5. The summed E-state index contributed by atoms with van der Waals surface area (Å²) in [5.74, 6) is 0. The number of thiophene rings is 1. The number of rotatable bonds is 0. The van der Waals surface area contributed by atoms with Crippen molar-refractivity contribution in [1.29, 1.82) is 0 Å². The van der Waals surface area contributed by atoms with Crippen LogP contribution in [0.1, 0.15) is 175 Å². The number of nitrogens with zero attached hydrogens (tertiary/aromatic N) is 1. The predicted octanol–water partition coefficient (Wildman–Crippen LogP) is 29.2. The Kier molecular flexibility index (Phi) is 50.0. The number of aromatic nitrogens is 1. The fourth-order valence-electron chi connectivity index (χ4n) is 8.37. The molecule has 0 aliphatic carbocycles. The lowest BCUT2D eigenvalue weighted by Gasteiger charge is -1.95. The summed E-state index contributed by atoms with van der Waals surface area (Å²) in [4.78, 5) is 0. The van der Waals surface area contributed by atoms with Gasteiger partial charge in [0.15, 0.2) is 0 Å². The first-order chi connectivity index (χ1) is 42.3. The van der Waals surface area contributed by atoms with Crippen LogP contribution < -0.4 is 0 Å². The molecule has 86 heavy (non-hydrogen) atoms. The van der Waals surface area contributed by atoms with Gasteiger partial charge in [0.2, 0.25) is 0 Å². The Hall–Kier alpha value is -7.46. The van der Waals surface area contributed by atoms with Gasteiger partial charge in [0.1, 0.15) is 11.2 Å². The van der Waals surface area contributed by atoms with Crippen LogP contribution in [-0.4, -0.2) is 4.57 Å². The van der Waals surface area contributed by atoms with Crippen molar-refractivity contribution in [3.63, 3.8) is 0 Å². The summed E-state index contributed by atoms with van der Waals surface area (Å²) in [6.45, 7) is 52.5. The molecule has 10 aromatic carbocycles. The SMILES string of the molecule is CC.CC.CC.CC.CC.CC.CC.CC.CC.CC.CC.Cc1ccc2c(c1)oc1cc(C)ccc12.Cc1ccc2c(c1)sc1cc(C)ccc12.Cn1c2ccccc2c2ccccc21.c1ccc2ccccc2c1.c1ccc2ccccc2c1. The molecule has 0 spiro atoms. The van der Waals surface area contributed by atoms with E-state index in [0.29, 0.717) is 0 Å². The minimum absolute atomic E-state index is 0.982. The lowest BCUT2D eigenvalue weighted by atomic mass is 10.1. The number of furan rings is 1. The van der Waals surface area contributed by atoms with E-state index in [4.69, 9.17) is 4.42 Å². The molecule has 0 bridgehead atoms. The molecule has 0 fully saturated rings. The van der Waals surface area contributed by atoms with E-state index < -0.39 is 0 Å². The topological polar surface area (TPSA) is 18.1 Å². The first kappa shape index (κ1) is 82.8. The normalized spacial score (nSPS) is 8.87. The molecule has 0 atom stereocenters. The van der Waals surface area contributed by atoms with Gasteiger partial charge >= 0.3 is 0 Å². The quantitative estimate of drug-likeness (QED) is 0.148. The van der Waals surface area contributed by atoms with Crippen molar-refractivity contribution in [2.45, 2.75) is 180 Å². The second kappa shape index (κ2) is 51.9. The van der Waals surface area contributed by atoms with E-state index in [2.05, 4.69) is 258 Å². The van der Waals surface area contributed by atoms with Gasteiger partial charge in [-0.25, -0.2) is 0 Å². The van der Waals surface area contributed by atoms with Crippen molar-refractivity contribution in [3.8, 4) is 0 Å². The molecule has 3 aromatic heterocycles. The van der Waals surface area contributed by atoms with Gasteiger partial charge in [0, 0.05) is 59.8 Å². The van der Waals surface area contributed by atoms with Crippen LogP contribution in [0.25, 0.3) is 85.5 Å². The van der Waals surface area contributed by atoms with Crippen LogP contribution in [-0.2, 0) is 7.05 Å². The molecule has 0 N–H and O–H groups in total. The first-order valence-corrected chi connectivity index (χ1v) is 33.7. The Morgan fingerprint density at radius 3 is 0.733 bits per heavy atom. The van der Waals surface area contributed by atoms with E-state index >= 15 is 0 Å². The maximum atomic E-state index is 5.81. The highest BCUT2D eigenvalue weighted by molar-refractivity contribution is 7.25. The highest BCUT2D eigenvalue weighted by Crippen LogP contribution is 2.35. The second-order valence-electron chi connectivity index (χ2n) is 16.5. The fraction of sp³-hybridized carbons (Fsp3) is 0.325. The number of benzene rings is 10. The van der Waals surface area contributed by atoms with Gasteiger partial charge in [-0.3, -0.25) is 0 Å². The van der Waals surface area contributed by atoms with Gasteiger partial charge in [-0.2, -0.15) is 0 Å². The first-order valence-electron chi connectivity index (χ1n) is 32.9. The average Bonchev–Trinajstić information content (AvgIpc) is 2.59. The van der Waals surface area contributed by atoms with Crippen molar-refractivity contribution in [1.82, 2.24) is 4.57 Å². The van der Waals surface area contributed by atoms with Gasteiger partial charge < -0.3 is 8.98 Å². The number of fused-ring (bicyclic) bond motifs is 11. The Morgan fingerprint density at radius 2 is 0.465 bits per heavy atom. The highest BCUT2D eigenvalue weighted by Gasteiger charge is 2.08. The van der Waals surface area contributed by atoms with Crippen LogP contribution in [0.15, 0.2) is 223 Å². The Labute approximate surface area is 530 Å². The summed E-state index contributed by atoms with van der Waals surface area (Å²) in [5, 5.41) is 13.1. The van der Waals surface area contributed by atoms with Crippen LogP contribution in [0.2, 0.25) is 0 Å². The van der Waals surface area contributed by atoms with E-state index in [1.165, 1.54) is 96.5 Å². The summed E-state index contributed by atoms with van der Waals surface area (Å²) >= 11 is 1.89. The van der Waals surface area contributed by atoms with E-state index in [9.17, 15) is 0 Å². The second-order valence-corrected chi connectivity index (χ2v) is 17.6. The number of para-hydroxylation sites is 2. The van der Waals surface area contributed by atoms with Crippen LogP contribution in [0.3, 0.4) is 0 Å². The van der Waals surface area contributed by atoms with Gasteiger partial charge in [-0.15, -0.1) is 11.3 Å². The van der Waals surface area contributed by atoms with E-state index in [1.807, 2.05) is 164 Å². The lowest BCUT2D eigenvalue weighted by molar-refractivity contribution is 0.668. The summed E-state index contributed by atoms with van der Waals surface area (Å²) < 4.78 is 10.9. The molecule has 0 saturated carbocycles. The predicted molar refractivity (Wildman–Crippen MR) is 405 cm³/mol. The molecule has 3 heteroatoms. The maximum Gasteiger partial charge on any atom is 0.135 e. The molecule has 0 aliphatic heterocycles. The minimum Gasteiger partial charge on any atom is -0.456 e. The van der Waals surface area contributed by atoms with E-state index in [1.54, 1.807) is 0 Å². The van der Waals surface area contributed by atoms with Crippen molar-refractivity contribution >= 4 is 96.8 Å². The standard InChI is InChI=1S/C14H12O.C14H12S.C13H11N.2C10H8.11C2H6/c2*1-9-3-5-11-12-6-4-10(2)8-14(12)15-13(11)7-9;1-14-12-8-4-2-6-10(12)11-7-3-5-9-13(11)14;2*1-2-6-10-8-4-3-7-9(10)5-1;11*1-2/h2*3-8H,1-2H3;2-9H,1H3;2*1-8H;11*1-2H3. The van der Waals surface area contributed by atoms with Crippen LogP contribution in [0, 0.1) is 27.7 Å². The van der Waals surface area contributed by atoms with Gasteiger partial charge in [-0.05, 0) is 108 Å². The van der Waals surface area contributed by atoms with Gasteiger partial charge in [0.05, 0.1) is 0 Å². The van der Waals surface area contributed by atoms with Crippen LogP contribution in [0.4, 0.5) is 0 Å². The monoisotopic (exact) mass is 1180 g/mol. The molecule has 2 nitrogen and oxygen atoms in total. The highest BCUT2D eigenvalue weighted by atomic mass is 32.1. The van der Waals surface area contributed by atoms with Gasteiger partial charge in [-0.1, -0.05) is 334 Å². The molecule has 0 radical (unpaired) electrons. The molecule has 13 rings (SSSR count). The fourth-order valence-corrected chi connectivity index (χ4v) is 9.67. The van der Waals surface area contributed by atoms with E-state index in [0.717, 1.165) is 11.2 Å². The third-order valence-corrected chi connectivity index (χ3v) is 12.8. The van der Waals surface area contributed by atoms with Crippen LogP contribution >= 0.6 is 11.3 Å². The number of aryl methyl sites for hydroxylation is 5. The largest absolute Gasteiger partial charge is 0.456 e. The third-order valence-electron chi connectivity index (χ3n) is 11.7. The van der Waals surface area contributed by atoms with Crippen LogP contribution in [0.5, 0.6) is 0 Å². The molecule has 0 amide bonds. The molecule has 0 unspecified atom stereocenters. The average molecular weight is 1180 g/mol. The number of hydrogen-bond acceptors (Lipinski definition) is 2. The zero-order valence-electron chi connectivity index (χ0n) is 59.0. The Morgan fingerprint density at radius 1 is 0.244 bits per heavy atom. The van der Waals surface area contributed by atoms with E-state index in [-0.39, 0.29) is 0 Å². The summed E-state index contributed by atoms with van der Waals surface area (Å²) in [6.07, 6.45) is 0. The molecule has 3 heterocycles. The molecule has 466 valence electrons. The number of hydrogen-bond donors (Lipinski definition) is 0. The minimum atomic E-state index is 0.982. The molecular weight excluding hydrogens is 1060 g/mol. The maximum absolute atomic E-state index is 5.81. The lowest BCUT2D eigenvalue weighted by Crippen LogP contribution is -1.84. The summed E-state index contributed by atoms with van der Waals surface area (Å²) in [5.41, 5.74) is 9.71. The zero-order valence-corrected chi connectivity index (χ0v) is 59.9. The zero-order chi connectivity index (χ0) is 66.0. The Balaban J connectivity index is -0.000000931. The molecule has 0 aliphatic rings. The van der Waals surface area contributed by atoms with Gasteiger partial charge in [0.25, 0.3) is 0 Å². The molecule has 0 saturated heterocycles. The summed E-state index contributed by atoms with van der Waals surface area (Å²) in [7, 11) is 2.12.